The van der Waals surface area contributed by atoms with Gasteiger partial charge in [0, 0.05) is 31.0 Å². The van der Waals surface area contributed by atoms with Crippen molar-refractivity contribution in [3.63, 3.8) is 0 Å². The molecule has 2 heterocycles. The van der Waals surface area contributed by atoms with Crippen molar-refractivity contribution in [2.24, 2.45) is 11.8 Å². The van der Waals surface area contributed by atoms with Crippen molar-refractivity contribution < 1.29 is 5.11 Å². The molecule has 2 aliphatic heterocycles. The number of aliphatic hydroxyl groups is 1. The van der Waals surface area contributed by atoms with Crippen LogP contribution in [0.2, 0.25) is 0 Å². The Labute approximate surface area is 164 Å². The maximum Gasteiger partial charge on any atom is 0.0835 e. The molecule has 1 aromatic carbocycles. The highest BCUT2D eigenvalue weighted by atomic mass is 16.3. The fourth-order valence-corrected chi connectivity index (χ4v) is 6.48. The van der Waals surface area contributed by atoms with Crippen molar-refractivity contribution >= 4 is 5.69 Å². The lowest BCUT2D eigenvalue weighted by Gasteiger charge is -2.50. The average molecular weight is 367 g/mol. The molecule has 1 aromatic rings. The Morgan fingerprint density at radius 3 is 2.59 bits per heavy atom. The van der Waals surface area contributed by atoms with Crippen molar-refractivity contribution in [1.29, 1.82) is 0 Å². The van der Waals surface area contributed by atoms with Crippen LogP contribution in [0, 0.1) is 11.8 Å². The Bertz CT molecular complexity index is 687. The van der Waals surface area contributed by atoms with Gasteiger partial charge in [-0.05, 0) is 68.9 Å². The van der Waals surface area contributed by atoms with E-state index in [9.17, 15) is 5.11 Å². The second-order valence-electron chi connectivity index (χ2n) is 9.36. The minimum absolute atomic E-state index is 0.107. The van der Waals surface area contributed by atoms with Crippen molar-refractivity contribution in [2.75, 3.05) is 24.5 Å². The number of benzene rings is 1. The normalized spacial score (nSPS) is 36.6. The molecule has 146 valence electrons. The summed E-state index contributed by atoms with van der Waals surface area (Å²) in [5.41, 5.74) is 2.76. The largest absolute Gasteiger partial charge is 0.391 e. The lowest BCUT2D eigenvalue weighted by atomic mass is 9.72. The molecule has 1 N–H and O–H groups in total. The molecule has 3 fully saturated rings. The highest BCUT2D eigenvalue weighted by molar-refractivity contribution is 5.51. The topological polar surface area (TPSA) is 26.7 Å². The van der Waals surface area contributed by atoms with Crippen molar-refractivity contribution in [1.82, 2.24) is 4.90 Å². The number of rotatable bonds is 2. The summed E-state index contributed by atoms with van der Waals surface area (Å²) in [5, 5.41) is 11.1. The number of piperidine rings is 1. The lowest BCUT2D eigenvalue weighted by molar-refractivity contribution is 0.0535. The van der Waals surface area contributed by atoms with Gasteiger partial charge in [0.25, 0.3) is 0 Å². The molecule has 1 spiro atoms. The molecule has 2 unspecified atom stereocenters. The van der Waals surface area contributed by atoms with Crippen molar-refractivity contribution in [3.8, 4) is 0 Å². The van der Waals surface area contributed by atoms with E-state index >= 15 is 0 Å². The number of likely N-dealkylation sites (tertiary alicyclic amines) is 1. The first-order valence-electron chi connectivity index (χ1n) is 11.2. The van der Waals surface area contributed by atoms with Crippen LogP contribution >= 0.6 is 0 Å². The molecule has 3 heteroatoms. The number of hydrogen-bond acceptors (Lipinski definition) is 3. The fourth-order valence-electron chi connectivity index (χ4n) is 6.48. The first-order valence-corrected chi connectivity index (χ1v) is 11.2. The predicted molar refractivity (Wildman–Crippen MR) is 111 cm³/mol. The predicted octanol–water partition coefficient (Wildman–Crippen LogP) is 4.58. The van der Waals surface area contributed by atoms with E-state index in [0.717, 1.165) is 37.8 Å². The quantitative estimate of drug-likeness (QED) is 0.830. The molecular weight excluding hydrogens is 332 g/mol. The molecule has 4 atom stereocenters. The van der Waals surface area contributed by atoms with E-state index in [1.165, 1.54) is 57.2 Å². The SMILES string of the molecule is OC1CCN(c2ccccc2)C12CCCN(C1=CC[C@@H]3CCCC[C@@H]3C1)C2. The monoisotopic (exact) mass is 366 g/mol. The van der Waals surface area contributed by atoms with E-state index in [0.29, 0.717) is 0 Å². The smallest absolute Gasteiger partial charge is 0.0835 e. The van der Waals surface area contributed by atoms with Crippen LogP contribution in [0.3, 0.4) is 0 Å². The van der Waals surface area contributed by atoms with Crippen LogP contribution in [0.4, 0.5) is 5.69 Å². The first-order chi connectivity index (χ1) is 13.3. The van der Waals surface area contributed by atoms with Gasteiger partial charge in [-0.25, -0.2) is 0 Å². The van der Waals surface area contributed by atoms with Gasteiger partial charge in [0.1, 0.15) is 0 Å². The maximum atomic E-state index is 11.1. The second-order valence-corrected chi connectivity index (χ2v) is 9.36. The van der Waals surface area contributed by atoms with Gasteiger partial charge in [-0.1, -0.05) is 37.1 Å². The summed E-state index contributed by atoms with van der Waals surface area (Å²) in [5.74, 6) is 1.86. The molecule has 1 saturated carbocycles. The zero-order valence-corrected chi connectivity index (χ0v) is 16.5. The summed E-state index contributed by atoms with van der Waals surface area (Å²) < 4.78 is 0. The van der Waals surface area contributed by atoms with Crippen LogP contribution in [0.15, 0.2) is 42.1 Å². The first kappa shape index (κ1) is 17.6. The van der Waals surface area contributed by atoms with Crippen LogP contribution in [-0.2, 0) is 0 Å². The maximum absolute atomic E-state index is 11.1. The second kappa shape index (κ2) is 7.16. The Morgan fingerprint density at radius 1 is 0.926 bits per heavy atom. The Hall–Kier alpha value is -1.48. The summed E-state index contributed by atoms with van der Waals surface area (Å²) >= 11 is 0. The summed E-state index contributed by atoms with van der Waals surface area (Å²) in [4.78, 5) is 5.18. The minimum Gasteiger partial charge on any atom is -0.391 e. The van der Waals surface area contributed by atoms with Gasteiger partial charge in [0.15, 0.2) is 0 Å². The third-order valence-electron chi connectivity index (χ3n) is 7.95. The fraction of sp³-hybridized carbons (Fsp3) is 0.667. The zero-order chi connectivity index (χ0) is 18.3. The van der Waals surface area contributed by atoms with Gasteiger partial charge in [0.2, 0.25) is 0 Å². The van der Waals surface area contributed by atoms with Crippen LogP contribution in [0.5, 0.6) is 0 Å². The molecule has 2 saturated heterocycles. The Kier molecular flexibility index (Phi) is 4.67. The molecular formula is C24H34N2O. The average Bonchev–Trinajstić information content (AvgIpc) is 3.03. The number of allylic oxidation sites excluding steroid dienone is 2. The van der Waals surface area contributed by atoms with Gasteiger partial charge in [-0.15, -0.1) is 0 Å². The molecule has 0 amide bonds. The summed E-state index contributed by atoms with van der Waals surface area (Å²) in [6.45, 7) is 3.13. The number of nitrogens with zero attached hydrogens (tertiary/aromatic N) is 2. The summed E-state index contributed by atoms with van der Waals surface area (Å²) in [6.07, 6.45) is 13.8. The van der Waals surface area contributed by atoms with Crippen molar-refractivity contribution in [2.45, 2.75) is 69.4 Å². The molecule has 2 aliphatic carbocycles. The summed E-state index contributed by atoms with van der Waals surface area (Å²) in [6, 6.07) is 10.8. The standard InChI is InChI=1S/C24H34N2O/c27-23-13-16-26(21-9-2-1-3-10-21)24(23)14-6-15-25(18-24)22-12-11-19-7-4-5-8-20(19)17-22/h1-3,9-10,12,19-20,23,27H,4-8,11,13-18H2/t19-,20+,23?,24?/m0/s1. The Morgan fingerprint density at radius 2 is 1.74 bits per heavy atom. The molecule has 0 radical (unpaired) electrons. The molecule has 5 rings (SSSR count). The number of anilines is 1. The van der Waals surface area contributed by atoms with Gasteiger partial charge >= 0.3 is 0 Å². The van der Waals surface area contributed by atoms with Crippen LogP contribution in [-0.4, -0.2) is 41.3 Å². The van der Waals surface area contributed by atoms with Gasteiger partial charge < -0.3 is 14.9 Å². The highest BCUT2D eigenvalue weighted by Gasteiger charge is 2.51. The van der Waals surface area contributed by atoms with Gasteiger partial charge in [-0.2, -0.15) is 0 Å². The molecule has 4 aliphatic rings. The van der Waals surface area contributed by atoms with E-state index in [1.54, 1.807) is 5.70 Å². The zero-order valence-electron chi connectivity index (χ0n) is 16.5. The van der Waals surface area contributed by atoms with E-state index in [-0.39, 0.29) is 11.6 Å². The Balaban J connectivity index is 1.39. The third kappa shape index (κ3) is 3.08. The minimum atomic E-state index is -0.216. The van der Waals surface area contributed by atoms with E-state index < -0.39 is 0 Å². The lowest BCUT2D eigenvalue weighted by Crippen LogP contribution is -2.60. The van der Waals surface area contributed by atoms with E-state index in [4.69, 9.17) is 0 Å². The van der Waals surface area contributed by atoms with Crippen LogP contribution in [0.1, 0.15) is 57.8 Å². The number of fused-ring (bicyclic) bond motifs is 1. The van der Waals surface area contributed by atoms with Gasteiger partial charge in [0.05, 0.1) is 11.6 Å². The van der Waals surface area contributed by atoms with E-state index in [2.05, 4.69) is 46.2 Å². The molecule has 0 aromatic heterocycles. The number of hydrogen-bond donors (Lipinski definition) is 1. The summed E-state index contributed by atoms with van der Waals surface area (Å²) in [7, 11) is 0. The molecule has 27 heavy (non-hydrogen) atoms. The van der Waals surface area contributed by atoms with Crippen LogP contribution in [0.25, 0.3) is 0 Å². The van der Waals surface area contributed by atoms with Gasteiger partial charge in [-0.3, -0.25) is 0 Å². The third-order valence-corrected chi connectivity index (χ3v) is 7.95. The number of para-hydroxylation sites is 1. The highest BCUT2D eigenvalue weighted by Crippen LogP contribution is 2.45. The van der Waals surface area contributed by atoms with Crippen LogP contribution < -0.4 is 4.90 Å². The van der Waals surface area contributed by atoms with E-state index in [1.807, 2.05) is 0 Å². The number of aliphatic hydroxyl groups excluding tert-OH is 1. The van der Waals surface area contributed by atoms with Crippen molar-refractivity contribution in [3.05, 3.63) is 42.1 Å². The molecule has 3 nitrogen and oxygen atoms in total. The molecule has 0 bridgehead atoms.